The maximum atomic E-state index is 5.42. The lowest BCUT2D eigenvalue weighted by molar-refractivity contribution is 0.152. The van der Waals surface area contributed by atoms with Gasteiger partial charge in [-0.1, -0.05) is 30.3 Å². The minimum Gasteiger partial charge on any atom is -0.497 e. The molecule has 1 aliphatic heterocycles. The number of aromatic nitrogens is 2. The molecule has 146 valence electrons. The van der Waals surface area contributed by atoms with Gasteiger partial charge in [-0.2, -0.15) is 5.10 Å². The van der Waals surface area contributed by atoms with Crippen molar-refractivity contribution in [1.29, 1.82) is 0 Å². The summed E-state index contributed by atoms with van der Waals surface area (Å²) in [6.45, 7) is 3.89. The summed E-state index contributed by atoms with van der Waals surface area (Å²) < 4.78 is 12.7. The highest BCUT2D eigenvalue weighted by atomic mass is 16.5. The van der Waals surface area contributed by atoms with E-state index in [4.69, 9.17) is 14.6 Å². The van der Waals surface area contributed by atoms with Gasteiger partial charge in [0.05, 0.1) is 25.1 Å². The smallest absolute Gasteiger partial charge is 0.119 e. The van der Waals surface area contributed by atoms with E-state index in [1.807, 2.05) is 35.0 Å². The zero-order valence-corrected chi connectivity index (χ0v) is 16.5. The van der Waals surface area contributed by atoms with Crippen molar-refractivity contribution in [2.75, 3.05) is 33.9 Å². The summed E-state index contributed by atoms with van der Waals surface area (Å²) in [6.07, 6.45) is 3.35. The van der Waals surface area contributed by atoms with Crippen molar-refractivity contribution in [3.8, 4) is 22.7 Å². The molecule has 2 heterocycles. The van der Waals surface area contributed by atoms with E-state index in [-0.39, 0.29) is 0 Å². The molecular formula is C23H27N3O2. The number of ether oxygens (including phenoxy) is 2. The van der Waals surface area contributed by atoms with Crippen molar-refractivity contribution in [2.45, 2.75) is 13.0 Å². The molecule has 4 rings (SSSR count). The van der Waals surface area contributed by atoms with E-state index in [1.54, 1.807) is 14.2 Å². The summed E-state index contributed by atoms with van der Waals surface area (Å²) in [6, 6.07) is 18.4. The van der Waals surface area contributed by atoms with Gasteiger partial charge in [0.1, 0.15) is 5.75 Å². The number of likely N-dealkylation sites (tertiary alicyclic amines) is 1. The second-order valence-electron chi connectivity index (χ2n) is 7.36. The van der Waals surface area contributed by atoms with Crippen LogP contribution in [0.4, 0.5) is 0 Å². The maximum absolute atomic E-state index is 5.42. The minimum atomic E-state index is 0.620. The molecule has 1 saturated heterocycles. The molecule has 0 saturated carbocycles. The Labute approximate surface area is 166 Å². The van der Waals surface area contributed by atoms with E-state index in [0.717, 1.165) is 48.9 Å². The average molecular weight is 377 g/mol. The second-order valence-corrected chi connectivity index (χ2v) is 7.36. The van der Waals surface area contributed by atoms with Gasteiger partial charge < -0.3 is 9.47 Å². The van der Waals surface area contributed by atoms with Crippen LogP contribution >= 0.6 is 0 Å². The normalized spacial score (nSPS) is 17.1. The predicted molar refractivity (Wildman–Crippen MR) is 111 cm³/mol. The first-order valence-corrected chi connectivity index (χ1v) is 9.76. The number of hydrogen-bond acceptors (Lipinski definition) is 4. The third-order valence-electron chi connectivity index (χ3n) is 5.32. The van der Waals surface area contributed by atoms with Gasteiger partial charge in [-0.05, 0) is 43.1 Å². The van der Waals surface area contributed by atoms with Gasteiger partial charge in [0, 0.05) is 37.5 Å². The third kappa shape index (κ3) is 4.11. The molecule has 28 heavy (non-hydrogen) atoms. The van der Waals surface area contributed by atoms with Crippen LogP contribution in [0.25, 0.3) is 16.9 Å². The lowest BCUT2D eigenvalue weighted by Crippen LogP contribution is -2.21. The summed E-state index contributed by atoms with van der Waals surface area (Å²) in [5, 5.41) is 4.93. The predicted octanol–water partition coefficient (Wildman–Crippen LogP) is 4.02. The third-order valence-corrected chi connectivity index (χ3v) is 5.32. The molecule has 0 N–H and O–H groups in total. The van der Waals surface area contributed by atoms with Crippen LogP contribution in [-0.2, 0) is 11.3 Å². The van der Waals surface area contributed by atoms with Crippen LogP contribution in [0.3, 0.4) is 0 Å². The lowest BCUT2D eigenvalue weighted by Gasteiger charge is -2.16. The SMILES string of the molecule is COC[C@H]1CCN(Cc2cn(-c3ccccc3)nc2-c2cccc(OC)c2)C1. The molecule has 0 unspecified atom stereocenters. The Kier molecular flexibility index (Phi) is 5.74. The molecule has 1 atom stereocenters. The molecule has 1 aliphatic rings. The van der Waals surface area contributed by atoms with Crippen molar-refractivity contribution < 1.29 is 9.47 Å². The Morgan fingerprint density at radius 3 is 2.71 bits per heavy atom. The van der Waals surface area contributed by atoms with E-state index >= 15 is 0 Å². The molecule has 1 fully saturated rings. The lowest BCUT2D eigenvalue weighted by atomic mass is 10.1. The van der Waals surface area contributed by atoms with Crippen molar-refractivity contribution in [1.82, 2.24) is 14.7 Å². The first-order valence-electron chi connectivity index (χ1n) is 9.76. The van der Waals surface area contributed by atoms with Crippen molar-refractivity contribution in [3.63, 3.8) is 0 Å². The Hall–Kier alpha value is -2.63. The summed E-state index contributed by atoms with van der Waals surface area (Å²) >= 11 is 0. The van der Waals surface area contributed by atoms with Gasteiger partial charge in [0.2, 0.25) is 0 Å². The van der Waals surface area contributed by atoms with E-state index in [2.05, 4.69) is 35.4 Å². The summed E-state index contributed by atoms with van der Waals surface area (Å²) in [5.41, 5.74) is 4.39. The Morgan fingerprint density at radius 2 is 1.93 bits per heavy atom. The summed E-state index contributed by atoms with van der Waals surface area (Å²) in [4.78, 5) is 2.50. The molecule has 5 nitrogen and oxygen atoms in total. The average Bonchev–Trinajstić information content (AvgIpc) is 3.36. The van der Waals surface area contributed by atoms with E-state index < -0.39 is 0 Å². The van der Waals surface area contributed by atoms with Crippen LogP contribution in [0, 0.1) is 5.92 Å². The minimum absolute atomic E-state index is 0.620. The van der Waals surface area contributed by atoms with Crippen LogP contribution in [-0.4, -0.2) is 48.6 Å². The molecule has 5 heteroatoms. The van der Waals surface area contributed by atoms with Crippen molar-refractivity contribution >= 4 is 0 Å². The number of hydrogen-bond donors (Lipinski definition) is 0. The van der Waals surface area contributed by atoms with Crippen LogP contribution < -0.4 is 4.74 Å². The van der Waals surface area contributed by atoms with Crippen molar-refractivity contribution in [2.24, 2.45) is 5.92 Å². The molecule has 1 aromatic heterocycles. The van der Waals surface area contributed by atoms with Crippen LogP contribution in [0.15, 0.2) is 60.8 Å². The highest BCUT2D eigenvalue weighted by Gasteiger charge is 2.24. The van der Waals surface area contributed by atoms with Crippen LogP contribution in [0.2, 0.25) is 0 Å². The number of nitrogens with zero attached hydrogens (tertiary/aromatic N) is 3. The van der Waals surface area contributed by atoms with Gasteiger partial charge in [-0.25, -0.2) is 4.68 Å². The van der Waals surface area contributed by atoms with Gasteiger partial charge in [0.25, 0.3) is 0 Å². The van der Waals surface area contributed by atoms with Gasteiger partial charge in [0.15, 0.2) is 0 Å². The zero-order chi connectivity index (χ0) is 19.3. The Morgan fingerprint density at radius 1 is 1.07 bits per heavy atom. The standard InChI is InChI=1S/C23H27N3O2/c1-27-17-18-11-12-25(14-18)15-20-16-26(21-8-4-3-5-9-21)24-23(20)19-7-6-10-22(13-19)28-2/h3-10,13,16,18H,11-12,14-15,17H2,1-2H3/t18-/m0/s1. The highest BCUT2D eigenvalue weighted by molar-refractivity contribution is 5.65. The first kappa shape index (κ1) is 18.7. The summed E-state index contributed by atoms with van der Waals surface area (Å²) in [5.74, 6) is 1.47. The molecule has 3 aromatic rings. The van der Waals surface area contributed by atoms with Crippen molar-refractivity contribution in [3.05, 3.63) is 66.4 Å². The first-order chi connectivity index (χ1) is 13.8. The van der Waals surface area contributed by atoms with E-state index in [1.165, 1.54) is 12.0 Å². The molecule has 0 bridgehead atoms. The maximum Gasteiger partial charge on any atom is 0.119 e. The zero-order valence-electron chi connectivity index (χ0n) is 16.5. The topological polar surface area (TPSA) is 39.5 Å². The fourth-order valence-electron chi connectivity index (χ4n) is 3.92. The van der Waals surface area contributed by atoms with Gasteiger partial charge in [-0.15, -0.1) is 0 Å². The number of benzene rings is 2. The molecule has 0 aliphatic carbocycles. The Balaban J connectivity index is 1.66. The largest absolute Gasteiger partial charge is 0.497 e. The summed E-state index contributed by atoms with van der Waals surface area (Å²) in [7, 11) is 3.48. The van der Waals surface area contributed by atoms with Gasteiger partial charge in [-0.3, -0.25) is 4.90 Å². The number of rotatable bonds is 7. The monoisotopic (exact) mass is 377 g/mol. The Bertz CT molecular complexity index is 907. The van der Waals surface area contributed by atoms with Crippen LogP contribution in [0.1, 0.15) is 12.0 Å². The van der Waals surface area contributed by atoms with E-state index in [9.17, 15) is 0 Å². The molecule has 2 aromatic carbocycles. The van der Waals surface area contributed by atoms with Gasteiger partial charge >= 0.3 is 0 Å². The molecule has 0 amide bonds. The highest BCUT2D eigenvalue weighted by Crippen LogP contribution is 2.29. The molecule has 0 spiro atoms. The molecule has 0 radical (unpaired) electrons. The fourth-order valence-corrected chi connectivity index (χ4v) is 3.92. The quantitative estimate of drug-likeness (QED) is 0.624. The van der Waals surface area contributed by atoms with Crippen LogP contribution in [0.5, 0.6) is 5.75 Å². The molecular weight excluding hydrogens is 350 g/mol. The fraction of sp³-hybridized carbons (Fsp3) is 0.348. The van der Waals surface area contributed by atoms with E-state index in [0.29, 0.717) is 5.92 Å². The number of para-hydroxylation sites is 1. The number of methoxy groups -OCH3 is 2. The second kappa shape index (κ2) is 8.59.